The first kappa shape index (κ1) is 27.4. The molecule has 0 atom stereocenters. The molecule has 1 aliphatic rings. The molecule has 0 radical (unpaired) electrons. The van der Waals surface area contributed by atoms with E-state index in [1.807, 2.05) is 31.2 Å². The van der Waals surface area contributed by atoms with Crippen molar-refractivity contribution in [3.8, 4) is 0 Å². The fourth-order valence-electron chi connectivity index (χ4n) is 4.09. The van der Waals surface area contributed by atoms with Crippen molar-refractivity contribution in [2.24, 2.45) is 0 Å². The van der Waals surface area contributed by atoms with E-state index >= 15 is 0 Å². The van der Waals surface area contributed by atoms with Gasteiger partial charge < -0.3 is 20.9 Å². The molecule has 11 heteroatoms. The lowest BCUT2D eigenvalue weighted by molar-refractivity contribution is -0.137. The van der Waals surface area contributed by atoms with E-state index in [1.165, 1.54) is 6.07 Å². The third-order valence-electron chi connectivity index (χ3n) is 6.17. The van der Waals surface area contributed by atoms with Crippen LogP contribution in [0.3, 0.4) is 0 Å². The van der Waals surface area contributed by atoms with Crippen molar-refractivity contribution < 1.29 is 22.8 Å². The second kappa shape index (κ2) is 11.4. The predicted molar refractivity (Wildman–Crippen MR) is 145 cm³/mol. The van der Waals surface area contributed by atoms with Gasteiger partial charge in [-0.25, -0.2) is 4.98 Å². The Hall–Kier alpha value is -4.67. The Morgan fingerprint density at radius 1 is 1.10 bits per heavy atom. The van der Waals surface area contributed by atoms with E-state index in [4.69, 9.17) is 0 Å². The van der Waals surface area contributed by atoms with Crippen molar-refractivity contribution in [3.05, 3.63) is 84.1 Å². The lowest BCUT2D eigenvalue weighted by atomic mass is 9.97. The monoisotopic (exact) mass is 536 g/mol. The summed E-state index contributed by atoms with van der Waals surface area (Å²) in [6.07, 6.45) is -0.118. The van der Waals surface area contributed by atoms with E-state index in [1.54, 1.807) is 30.0 Å². The normalized spacial score (nSPS) is 13.4. The van der Waals surface area contributed by atoms with Gasteiger partial charge in [-0.15, -0.1) is 0 Å². The summed E-state index contributed by atoms with van der Waals surface area (Å²) in [4.78, 5) is 32.9. The molecular weight excluding hydrogens is 509 g/mol. The van der Waals surface area contributed by atoms with E-state index in [-0.39, 0.29) is 17.5 Å². The molecule has 0 aliphatic carbocycles. The molecule has 2 amide bonds. The van der Waals surface area contributed by atoms with Crippen LogP contribution in [-0.2, 0) is 15.8 Å². The topological polar surface area (TPSA) is 99.2 Å². The van der Waals surface area contributed by atoms with Crippen LogP contribution < -0.4 is 16.0 Å². The summed E-state index contributed by atoms with van der Waals surface area (Å²) in [6.45, 7) is 8.02. The number of alkyl halides is 3. The van der Waals surface area contributed by atoms with Crippen LogP contribution in [0.1, 0.15) is 30.0 Å². The standard InChI is InChI=1S/C28H27F3N6O2/c1-4-25(39)33-21-6-5-7-22(15-21)34-26-23(28(29,30)31)16-32-27(36-26)35-24-9-8-20(14-17(24)2)19-10-12-37(13-11-19)18(3)38/h4-10,14-16H,1,11-13H2,2-3H3,(H,33,39)(H2,32,34,35,36). The molecule has 202 valence electrons. The fourth-order valence-corrected chi connectivity index (χ4v) is 4.09. The number of hydrogen-bond acceptors (Lipinski definition) is 6. The van der Waals surface area contributed by atoms with Crippen LogP contribution in [-0.4, -0.2) is 39.8 Å². The minimum Gasteiger partial charge on any atom is -0.339 e. The van der Waals surface area contributed by atoms with Crippen LogP contribution in [0.4, 0.5) is 42.0 Å². The first-order chi connectivity index (χ1) is 18.5. The average molecular weight is 537 g/mol. The van der Waals surface area contributed by atoms with Gasteiger partial charge >= 0.3 is 6.18 Å². The van der Waals surface area contributed by atoms with Crippen LogP contribution >= 0.6 is 0 Å². The number of anilines is 5. The number of nitrogens with one attached hydrogen (secondary N) is 3. The molecule has 1 aliphatic heterocycles. The Bertz CT molecular complexity index is 1450. The minimum absolute atomic E-state index is 0.0218. The highest BCUT2D eigenvalue weighted by Crippen LogP contribution is 2.36. The minimum atomic E-state index is -4.70. The zero-order valence-electron chi connectivity index (χ0n) is 21.4. The predicted octanol–water partition coefficient (Wildman–Crippen LogP) is 6.05. The van der Waals surface area contributed by atoms with E-state index in [9.17, 15) is 22.8 Å². The van der Waals surface area contributed by atoms with Gasteiger partial charge in [0.25, 0.3) is 0 Å². The van der Waals surface area contributed by atoms with Gasteiger partial charge in [0.1, 0.15) is 11.4 Å². The van der Waals surface area contributed by atoms with Crippen molar-refractivity contribution >= 4 is 46.2 Å². The van der Waals surface area contributed by atoms with Crippen molar-refractivity contribution in [2.45, 2.75) is 26.4 Å². The van der Waals surface area contributed by atoms with E-state index in [0.717, 1.165) is 35.4 Å². The Balaban J connectivity index is 1.57. The number of hydrogen-bond donors (Lipinski definition) is 3. The molecule has 0 saturated carbocycles. The molecule has 4 rings (SSSR count). The fraction of sp³-hybridized carbons (Fsp3) is 0.214. The Labute approximate surface area is 223 Å². The maximum atomic E-state index is 13.7. The van der Waals surface area contributed by atoms with Gasteiger partial charge in [-0.1, -0.05) is 24.8 Å². The maximum Gasteiger partial charge on any atom is 0.421 e. The SMILES string of the molecule is C=CC(=O)Nc1cccc(Nc2nc(Nc3ccc(C4=CCN(C(C)=O)CC4)cc3C)ncc2C(F)(F)F)c1. The molecule has 0 saturated heterocycles. The average Bonchev–Trinajstić information content (AvgIpc) is 2.89. The summed E-state index contributed by atoms with van der Waals surface area (Å²) in [5.74, 6) is -0.871. The van der Waals surface area contributed by atoms with Crippen molar-refractivity contribution in [2.75, 3.05) is 29.0 Å². The summed E-state index contributed by atoms with van der Waals surface area (Å²) in [5.41, 5.74) is 3.27. The van der Waals surface area contributed by atoms with Crippen LogP contribution in [0.25, 0.3) is 5.57 Å². The molecule has 3 N–H and O–H groups in total. The zero-order chi connectivity index (χ0) is 28.2. The lowest BCUT2D eigenvalue weighted by Gasteiger charge is -2.25. The van der Waals surface area contributed by atoms with Gasteiger partial charge in [-0.2, -0.15) is 18.2 Å². The largest absolute Gasteiger partial charge is 0.421 e. The molecule has 2 aromatic carbocycles. The van der Waals surface area contributed by atoms with Crippen LogP contribution in [0.5, 0.6) is 0 Å². The van der Waals surface area contributed by atoms with Gasteiger partial charge in [0, 0.05) is 43.3 Å². The van der Waals surface area contributed by atoms with Crippen LogP contribution in [0.15, 0.2) is 67.4 Å². The van der Waals surface area contributed by atoms with Crippen LogP contribution in [0.2, 0.25) is 0 Å². The number of aromatic nitrogens is 2. The second-order valence-corrected chi connectivity index (χ2v) is 8.95. The molecule has 2 heterocycles. The smallest absolute Gasteiger partial charge is 0.339 e. The number of rotatable bonds is 7. The van der Waals surface area contributed by atoms with Gasteiger partial charge in [0.2, 0.25) is 17.8 Å². The first-order valence-electron chi connectivity index (χ1n) is 12.1. The summed E-state index contributed by atoms with van der Waals surface area (Å²) in [7, 11) is 0. The second-order valence-electron chi connectivity index (χ2n) is 8.95. The number of benzene rings is 2. The number of carbonyl (C=O) groups excluding carboxylic acids is 2. The highest BCUT2D eigenvalue weighted by atomic mass is 19.4. The molecular formula is C28H27F3N6O2. The van der Waals surface area contributed by atoms with Crippen molar-refractivity contribution in [1.82, 2.24) is 14.9 Å². The van der Waals surface area contributed by atoms with E-state index < -0.39 is 23.5 Å². The number of aryl methyl sites for hydroxylation is 1. The van der Waals surface area contributed by atoms with Gasteiger partial charge in [0.15, 0.2) is 0 Å². The third kappa shape index (κ3) is 6.81. The Morgan fingerprint density at radius 3 is 2.51 bits per heavy atom. The van der Waals surface area contributed by atoms with Crippen molar-refractivity contribution in [1.29, 1.82) is 0 Å². The number of carbonyl (C=O) groups is 2. The highest BCUT2D eigenvalue weighted by molar-refractivity contribution is 5.99. The molecule has 39 heavy (non-hydrogen) atoms. The van der Waals surface area contributed by atoms with Crippen LogP contribution in [0, 0.1) is 6.92 Å². The molecule has 8 nitrogen and oxygen atoms in total. The quantitative estimate of drug-likeness (QED) is 0.318. The molecule has 0 bridgehead atoms. The Morgan fingerprint density at radius 2 is 1.87 bits per heavy atom. The molecule has 0 fully saturated rings. The number of amides is 2. The molecule has 0 spiro atoms. The highest BCUT2D eigenvalue weighted by Gasteiger charge is 2.35. The van der Waals surface area contributed by atoms with E-state index in [0.29, 0.717) is 24.5 Å². The summed E-state index contributed by atoms with van der Waals surface area (Å²) < 4.78 is 41.2. The maximum absolute atomic E-state index is 13.7. The van der Waals surface area contributed by atoms with Gasteiger partial charge in [-0.05, 0) is 66.5 Å². The lowest BCUT2D eigenvalue weighted by Crippen LogP contribution is -2.32. The van der Waals surface area contributed by atoms with Crippen molar-refractivity contribution in [3.63, 3.8) is 0 Å². The molecule has 0 unspecified atom stereocenters. The first-order valence-corrected chi connectivity index (χ1v) is 12.1. The molecule has 1 aromatic heterocycles. The third-order valence-corrected chi connectivity index (χ3v) is 6.17. The van der Waals surface area contributed by atoms with Gasteiger partial charge in [0.05, 0.1) is 0 Å². The summed E-state index contributed by atoms with van der Waals surface area (Å²) in [5, 5.41) is 8.26. The molecule has 3 aromatic rings. The summed E-state index contributed by atoms with van der Waals surface area (Å²) in [6, 6.07) is 11.9. The Kier molecular flexibility index (Phi) is 7.99. The van der Waals surface area contributed by atoms with E-state index in [2.05, 4.69) is 32.5 Å². The summed E-state index contributed by atoms with van der Waals surface area (Å²) >= 11 is 0. The zero-order valence-corrected chi connectivity index (χ0v) is 21.4. The van der Waals surface area contributed by atoms with Gasteiger partial charge in [-0.3, -0.25) is 9.59 Å². The number of nitrogens with zero attached hydrogens (tertiary/aromatic N) is 3. The number of halogens is 3.